The number of carbonyl (C=O) groups excluding carboxylic acids is 1. The lowest BCUT2D eigenvalue weighted by atomic mass is 10.2. The number of carbonyl (C=O) groups is 1. The third-order valence-electron chi connectivity index (χ3n) is 2.73. The summed E-state index contributed by atoms with van der Waals surface area (Å²) in [5.41, 5.74) is 1.12. The lowest BCUT2D eigenvalue weighted by molar-refractivity contribution is -0.116. The van der Waals surface area contributed by atoms with Crippen LogP contribution in [0.3, 0.4) is 0 Å². The van der Waals surface area contributed by atoms with Crippen molar-refractivity contribution in [3.63, 3.8) is 0 Å². The van der Waals surface area contributed by atoms with E-state index in [4.69, 9.17) is 5.11 Å². The summed E-state index contributed by atoms with van der Waals surface area (Å²) < 4.78 is 0. The third kappa shape index (κ3) is 3.24. The van der Waals surface area contributed by atoms with E-state index in [0.29, 0.717) is 18.0 Å². The number of hydrogen-bond donors (Lipinski definition) is 2. The SMILES string of the molecule is CN1CCc2nc(NC(=O)CCCO)sc2C1. The topological polar surface area (TPSA) is 65.5 Å². The van der Waals surface area contributed by atoms with Gasteiger partial charge in [-0.25, -0.2) is 4.98 Å². The van der Waals surface area contributed by atoms with Crippen molar-refractivity contribution in [3.8, 4) is 0 Å². The van der Waals surface area contributed by atoms with Gasteiger partial charge in [0.2, 0.25) is 5.91 Å². The molecule has 0 fully saturated rings. The molecule has 0 radical (unpaired) electrons. The first-order valence-corrected chi connectivity index (χ1v) is 6.58. The number of hydrogen-bond acceptors (Lipinski definition) is 5. The molecule has 6 heteroatoms. The van der Waals surface area contributed by atoms with Crippen molar-refractivity contribution in [1.82, 2.24) is 9.88 Å². The summed E-state index contributed by atoms with van der Waals surface area (Å²) in [5.74, 6) is -0.0708. The number of rotatable bonds is 4. The number of aliphatic hydroxyl groups is 1. The molecule has 1 amide bonds. The van der Waals surface area contributed by atoms with Gasteiger partial charge in [0.15, 0.2) is 5.13 Å². The Kier molecular flexibility index (Phi) is 4.09. The number of thiazole rings is 1. The fraction of sp³-hybridized carbons (Fsp3) is 0.636. The lowest BCUT2D eigenvalue weighted by Crippen LogP contribution is -2.25. The summed E-state index contributed by atoms with van der Waals surface area (Å²) in [6.45, 7) is 1.99. The van der Waals surface area contributed by atoms with Crippen LogP contribution < -0.4 is 5.32 Å². The molecule has 0 bridgehead atoms. The number of fused-ring (bicyclic) bond motifs is 1. The molecule has 0 atom stereocenters. The molecule has 0 unspecified atom stereocenters. The Balaban J connectivity index is 1.96. The molecule has 17 heavy (non-hydrogen) atoms. The first-order chi connectivity index (χ1) is 8.19. The molecule has 1 aliphatic heterocycles. The molecule has 2 rings (SSSR count). The number of nitrogens with one attached hydrogen (secondary N) is 1. The van der Waals surface area contributed by atoms with Crippen LogP contribution in [0, 0.1) is 0 Å². The van der Waals surface area contributed by atoms with Crippen LogP contribution in [0.4, 0.5) is 5.13 Å². The summed E-state index contributed by atoms with van der Waals surface area (Å²) in [5, 5.41) is 12.1. The maximum Gasteiger partial charge on any atom is 0.226 e. The average molecular weight is 255 g/mol. The van der Waals surface area contributed by atoms with E-state index in [9.17, 15) is 4.79 Å². The van der Waals surface area contributed by atoms with Crippen molar-refractivity contribution in [1.29, 1.82) is 0 Å². The van der Waals surface area contributed by atoms with Gasteiger partial charge in [-0.1, -0.05) is 0 Å². The maximum atomic E-state index is 11.5. The standard InChI is InChI=1S/C11H17N3O2S/c1-14-5-4-8-9(7-14)17-11(12-8)13-10(16)3-2-6-15/h15H,2-7H2,1H3,(H,12,13,16). The Morgan fingerprint density at radius 3 is 3.24 bits per heavy atom. The van der Waals surface area contributed by atoms with Gasteiger partial charge < -0.3 is 15.3 Å². The molecule has 1 aromatic rings. The minimum atomic E-state index is -0.0708. The molecule has 2 heterocycles. The quantitative estimate of drug-likeness (QED) is 0.837. The monoisotopic (exact) mass is 255 g/mol. The Hall–Kier alpha value is -0.980. The van der Waals surface area contributed by atoms with Gasteiger partial charge in [0, 0.05) is 37.4 Å². The minimum Gasteiger partial charge on any atom is -0.396 e. The Morgan fingerprint density at radius 1 is 1.65 bits per heavy atom. The van der Waals surface area contributed by atoms with Crippen molar-refractivity contribution in [2.75, 3.05) is 25.5 Å². The number of aliphatic hydroxyl groups excluding tert-OH is 1. The lowest BCUT2D eigenvalue weighted by Gasteiger charge is -2.20. The van der Waals surface area contributed by atoms with Crippen LogP contribution in [0.25, 0.3) is 0 Å². The number of aromatic nitrogens is 1. The molecule has 1 aliphatic rings. The maximum absolute atomic E-state index is 11.5. The van der Waals surface area contributed by atoms with Gasteiger partial charge in [-0.05, 0) is 13.5 Å². The summed E-state index contributed by atoms with van der Waals surface area (Å²) in [6.07, 6.45) is 1.80. The van der Waals surface area contributed by atoms with Crippen LogP contribution in [-0.2, 0) is 17.8 Å². The first kappa shape index (κ1) is 12.5. The highest BCUT2D eigenvalue weighted by atomic mass is 32.1. The first-order valence-electron chi connectivity index (χ1n) is 5.77. The van der Waals surface area contributed by atoms with Crippen LogP contribution >= 0.6 is 11.3 Å². The second-order valence-electron chi connectivity index (χ2n) is 4.25. The Morgan fingerprint density at radius 2 is 2.47 bits per heavy atom. The molecule has 2 N–H and O–H groups in total. The van der Waals surface area contributed by atoms with Crippen molar-refractivity contribution >= 4 is 22.4 Å². The smallest absolute Gasteiger partial charge is 0.226 e. The van der Waals surface area contributed by atoms with E-state index < -0.39 is 0 Å². The summed E-state index contributed by atoms with van der Waals surface area (Å²) >= 11 is 1.55. The highest BCUT2D eigenvalue weighted by Crippen LogP contribution is 2.27. The van der Waals surface area contributed by atoms with E-state index in [1.54, 1.807) is 11.3 Å². The van der Waals surface area contributed by atoms with Crippen molar-refractivity contribution in [3.05, 3.63) is 10.6 Å². The minimum absolute atomic E-state index is 0.0482. The van der Waals surface area contributed by atoms with Gasteiger partial charge in [-0.2, -0.15) is 0 Å². The van der Waals surface area contributed by atoms with Crippen molar-refractivity contribution in [2.24, 2.45) is 0 Å². The zero-order chi connectivity index (χ0) is 12.3. The molecular formula is C11H17N3O2S. The summed E-state index contributed by atoms with van der Waals surface area (Å²) in [7, 11) is 2.09. The average Bonchev–Trinajstić information content (AvgIpc) is 2.67. The number of likely N-dealkylation sites (N-methyl/N-ethyl adjacent to an activating group) is 1. The van der Waals surface area contributed by atoms with Crippen LogP contribution in [0.5, 0.6) is 0 Å². The van der Waals surface area contributed by atoms with Gasteiger partial charge in [0.05, 0.1) is 5.69 Å². The zero-order valence-corrected chi connectivity index (χ0v) is 10.7. The molecule has 0 aliphatic carbocycles. The molecule has 0 spiro atoms. The molecule has 1 aromatic heterocycles. The molecule has 5 nitrogen and oxygen atoms in total. The van der Waals surface area contributed by atoms with Crippen LogP contribution in [0.2, 0.25) is 0 Å². The highest BCUT2D eigenvalue weighted by molar-refractivity contribution is 7.15. The summed E-state index contributed by atoms with van der Waals surface area (Å²) in [6, 6.07) is 0. The largest absolute Gasteiger partial charge is 0.396 e. The molecule has 0 saturated heterocycles. The molecule has 0 saturated carbocycles. The molecule has 0 aromatic carbocycles. The summed E-state index contributed by atoms with van der Waals surface area (Å²) in [4.78, 5) is 19.4. The van der Waals surface area contributed by atoms with E-state index >= 15 is 0 Å². The van der Waals surface area contributed by atoms with Crippen LogP contribution in [-0.4, -0.2) is 41.1 Å². The van der Waals surface area contributed by atoms with Gasteiger partial charge in [0.1, 0.15) is 0 Å². The fourth-order valence-electron chi connectivity index (χ4n) is 1.80. The predicted molar refractivity (Wildman–Crippen MR) is 67.1 cm³/mol. The number of anilines is 1. The van der Waals surface area contributed by atoms with Crippen molar-refractivity contribution in [2.45, 2.75) is 25.8 Å². The zero-order valence-electron chi connectivity index (χ0n) is 9.90. The number of amides is 1. The van der Waals surface area contributed by atoms with Gasteiger partial charge in [-0.3, -0.25) is 4.79 Å². The highest BCUT2D eigenvalue weighted by Gasteiger charge is 2.18. The van der Waals surface area contributed by atoms with Crippen LogP contribution in [0.15, 0.2) is 0 Å². The molecular weight excluding hydrogens is 238 g/mol. The normalized spacial score (nSPS) is 15.6. The number of nitrogens with zero attached hydrogens (tertiary/aromatic N) is 2. The second kappa shape index (κ2) is 5.57. The van der Waals surface area contributed by atoms with Gasteiger partial charge in [0.25, 0.3) is 0 Å². The Bertz CT molecular complexity index is 405. The van der Waals surface area contributed by atoms with Gasteiger partial charge in [-0.15, -0.1) is 11.3 Å². The van der Waals surface area contributed by atoms with Gasteiger partial charge >= 0.3 is 0 Å². The predicted octanol–water partition coefficient (Wildman–Crippen LogP) is 0.842. The second-order valence-corrected chi connectivity index (χ2v) is 5.34. The van der Waals surface area contributed by atoms with Crippen molar-refractivity contribution < 1.29 is 9.90 Å². The van der Waals surface area contributed by atoms with Crippen LogP contribution in [0.1, 0.15) is 23.4 Å². The van der Waals surface area contributed by atoms with E-state index in [1.807, 2.05) is 0 Å². The Labute approximate surface area is 104 Å². The third-order valence-corrected chi connectivity index (χ3v) is 3.73. The van der Waals surface area contributed by atoms with E-state index in [1.165, 1.54) is 4.88 Å². The van der Waals surface area contributed by atoms with E-state index in [-0.39, 0.29) is 12.5 Å². The fourth-order valence-corrected chi connectivity index (χ4v) is 2.90. The van der Waals surface area contributed by atoms with E-state index in [2.05, 4.69) is 22.2 Å². The van der Waals surface area contributed by atoms with E-state index in [0.717, 1.165) is 25.2 Å². The molecule has 94 valence electrons.